The smallest absolute Gasteiger partial charge is 0.243 e. The van der Waals surface area contributed by atoms with Crippen molar-refractivity contribution in [3.05, 3.63) is 12.3 Å². The predicted octanol–water partition coefficient (Wildman–Crippen LogP) is 1.11. The molecule has 0 aromatic carbocycles. The third-order valence-electron chi connectivity index (χ3n) is 5.17. The quantitative estimate of drug-likeness (QED) is 0.848. The summed E-state index contributed by atoms with van der Waals surface area (Å²) in [4.78, 5) is 26.1. The van der Waals surface area contributed by atoms with E-state index in [9.17, 15) is 9.59 Å². The Morgan fingerprint density at radius 3 is 3.00 bits per heavy atom. The summed E-state index contributed by atoms with van der Waals surface area (Å²) in [5, 5.41) is 10.6. The minimum atomic E-state index is -0.290. The van der Waals surface area contributed by atoms with Crippen molar-refractivity contribution in [2.24, 2.45) is 11.3 Å². The van der Waals surface area contributed by atoms with Crippen molar-refractivity contribution in [1.82, 2.24) is 20.0 Å². The first-order chi connectivity index (χ1) is 11.0. The van der Waals surface area contributed by atoms with E-state index in [1.165, 1.54) is 11.3 Å². The number of amides is 2. The van der Waals surface area contributed by atoms with E-state index < -0.39 is 0 Å². The summed E-state index contributed by atoms with van der Waals surface area (Å²) in [6.45, 7) is 1.86. The largest absolute Gasteiger partial charge is 0.347 e. The third-order valence-corrected chi connectivity index (χ3v) is 5.17. The van der Waals surface area contributed by atoms with Crippen LogP contribution < -0.4 is 10.6 Å². The summed E-state index contributed by atoms with van der Waals surface area (Å²) < 4.78 is 1.56. The molecule has 2 heterocycles. The zero-order chi connectivity index (χ0) is 16.4. The Hall–Kier alpha value is -1.60. The summed E-state index contributed by atoms with van der Waals surface area (Å²) in [6.07, 6.45) is 6.10. The topological polar surface area (TPSA) is 79.3 Å². The molecular formula is C16H26ClN5O2. The number of carbonyl (C=O) groups excluding carboxylic acids is 2. The van der Waals surface area contributed by atoms with E-state index in [4.69, 9.17) is 0 Å². The SMILES string of the molecule is CN(C)C(=O)Cn1ccc(NC(=O)[C@@]23CCCC[C@H]2CNC3)n1.Cl. The highest BCUT2D eigenvalue weighted by Crippen LogP contribution is 2.44. The molecule has 1 saturated heterocycles. The fraction of sp³-hybridized carbons (Fsp3) is 0.688. The molecule has 1 aliphatic carbocycles. The summed E-state index contributed by atoms with van der Waals surface area (Å²) in [6, 6.07) is 1.75. The Balaban J connectivity index is 0.00000208. The summed E-state index contributed by atoms with van der Waals surface area (Å²) in [5.74, 6) is 0.981. The number of aromatic nitrogens is 2. The molecule has 0 unspecified atom stereocenters. The van der Waals surface area contributed by atoms with Gasteiger partial charge in [0.25, 0.3) is 0 Å². The lowest BCUT2D eigenvalue weighted by atomic mass is 9.67. The van der Waals surface area contributed by atoms with Crippen molar-refractivity contribution in [3.63, 3.8) is 0 Å². The molecule has 2 atom stereocenters. The average Bonchev–Trinajstić information content (AvgIpc) is 3.14. The highest BCUT2D eigenvalue weighted by Gasteiger charge is 2.49. The molecule has 1 saturated carbocycles. The first-order valence-corrected chi connectivity index (χ1v) is 8.27. The number of nitrogens with zero attached hydrogens (tertiary/aromatic N) is 3. The first-order valence-electron chi connectivity index (χ1n) is 8.27. The van der Waals surface area contributed by atoms with Gasteiger partial charge >= 0.3 is 0 Å². The second-order valence-electron chi connectivity index (χ2n) is 6.87. The first kappa shape index (κ1) is 18.7. The van der Waals surface area contributed by atoms with Crippen LogP contribution in [0.5, 0.6) is 0 Å². The van der Waals surface area contributed by atoms with Gasteiger partial charge < -0.3 is 15.5 Å². The molecule has 7 nitrogen and oxygen atoms in total. The van der Waals surface area contributed by atoms with Crippen molar-refractivity contribution < 1.29 is 9.59 Å². The van der Waals surface area contributed by atoms with Gasteiger partial charge in [-0.15, -0.1) is 12.4 Å². The minimum Gasteiger partial charge on any atom is -0.347 e. The number of fused-ring (bicyclic) bond motifs is 1. The Morgan fingerprint density at radius 1 is 1.46 bits per heavy atom. The second kappa shape index (κ2) is 7.53. The van der Waals surface area contributed by atoms with Gasteiger partial charge in [-0.1, -0.05) is 12.8 Å². The van der Waals surface area contributed by atoms with Gasteiger partial charge in [0, 0.05) is 32.9 Å². The molecule has 0 radical (unpaired) electrons. The van der Waals surface area contributed by atoms with Crippen LogP contribution in [0.3, 0.4) is 0 Å². The Labute approximate surface area is 148 Å². The van der Waals surface area contributed by atoms with Crippen LogP contribution in [0.2, 0.25) is 0 Å². The molecule has 1 aliphatic heterocycles. The van der Waals surface area contributed by atoms with Crippen molar-refractivity contribution in [2.45, 2.75) is 32.2 Å². The monoisotopic (exact) mass is 355 g/mol. The van der Waals surface area contributed by atoms with E-state index in [2.05, 4.69) is 15.7 Å². The van der Waals surface area contributed by atoms with Crippen LogP contribution in [-0.4, -0.2) is 53.7 Å². The van der Waals surface area contributed by atoms with Crippen LogP contribution in [0, 0.1) is 11.3 Å². The molecule has 24 heavy (non-hydrogen) atoms. The van der Waals surface area contributed by atoms with Crippen LogP contribution in [0.1, 0.15) is 25.7 Å². The molecule has 134 valence electrons. The maximum absolute atomic E-state index is 12.8. The predicted molar refractivity (Wildman–Crippen MR) is 94.1 cm³/mol. The maximum Gasteiger partial charge on any atom is 0.243 e. The van der Waals surface area contributed by atoms with Gasteiger partial charge in [-0.2, -0.15) is 5.10 Å². The van der Waals surface area contributed by atoms with Gasteiger partial charge in [0.15, 0.2) is 5.82 Å². The summed E-state index contributed by atoms with van der Waals surface area (Å²) in [5.41, 5.74) is -0.290. The zero-order valence-corrected chi connectivity index (χ0v) is 15.1. The molecule has 0 spiro atoms. The van der Waals surface area contributed by atoms with E-state index in [-0.39, 0.29) is 36.2 Å². The van der Waals surface area contributed by atoms with Gasteiger partial charge in [0.2, 0.25) is 11.8 Å². The lowest BCUT2D eigenvalue weighted by Gasteiger charge is -2.36. The number of likely N-dealkylation sites (N-methyl/N-ethyl adjacent to an activating group) is 1. The Morgan fingerprint density at radius 2 is 2.25 bits per heavy atom. The zero-order valence-electron chi connectivity index (χ0n) is 14.2. The number of hydrogen-bond acceptors (Lipinski definition) is 4. The number of hydrogen-bond donors (Lipinski definition) is 2. The van der Waals surface area contributed by atoms with Crippen LogP contribution >= 0.6 is 12.4 Å². The van der Waals surface area contributed by atoms with Gasteiger partial charge in [0.05, 0.1) is 5.41 Å². The van der Waals surface area contributed by atoms with Crippen molar-refractivity contribution >= 4 is 30.0 Å². The average molecular weight is 356 g/mol. The van der Waals surface area contributed by atoms with E-state index in [1.54, 1.807) is 31.0 Å². The molecule has 1 aromatic heterocycles. The molecular weight excluding hydrogens is 330 g/mol. The summed E-state index contributed by atoms with van der Waals surface area (Å²) >= 11 is 0. The van der Waals surface area contributed by atoms with Gasteiger partial charge in [-0.05, 0) is 25.3 Å². The molecule has 8 heteroatoms. The highest BCUT2D eigenvalue weighted by molar-refractivity contribution is 5.95. The number of nitrogens with one attached hydrogen (secondary N) is 2. The van der Waals surface area contributed by atoms with Crippen molar-refractivity contribution in [3.8, 4) is 0 Å². The van der Waals surface area contributed by atoms with Crippen LogP contribution in [0.15, 0.2) is 12.3 Å². The van der Waals surface area contributed by atoms with E-state index in [1.807, 2.05) is 0 Å². The molecule has 2 aliphatic rings. The van der Waals surface area contributed by atoms with Gasteiger partial charge in [-0.3, -0.25) is 14.3 Å². The van der Waals surface area contributed by atoms with E-state index >= 15 is 0 Å². The molecule has 2 N–H and O–H groups in total. The molecule has 2 fully saturated rings. The fourth-order valence-corrected chi connectivity index (χ4v) is 3.73. The molecule has 3 rings (SSSR count). The van der Waals surface area contributed by atoms with Gasteiger partial charge in [0.1, 0.15) is 6.54 Å². The Kier molecular flexibility index (Phi) is 5.87. The number of carbonyl (C=O) groups is 2. The fourth-order valence-electron chi connectivity index (χ4n) is 3.73. The summed E-state index contributed by atoms with van der Waals surface area (Å²) in [7, 11) is 3.42. The van der Waals surface area contributed by atoms with Crippen molar-refractivity contribution in [1.29, 1.82) is 0 Å². The van der Waals surface area contributed by atoms with E-state index in [0.29, 0.717) is 11.7 Å². The highest BCUT2D eigenvalue weighted by atomic mass is 35.5. The van der Waals surface area contributed by atoms with E-state index in [0.717, 1.165) is 32.4 Å². The maximum atomic E-state index is 12.8. The molecule has 0 bridgehead atoms. The number of rotatable bonds is 4. The lowest BCUT2D eigenvalue weighted by Crippen LogP contribution is -2.44. The third kappa shape index (κ3) is 3.57. The normalized spacial score (nSPS) is 25.5. The minimum absolute atomic E-state index is 0. The molecule has 1 aromatic rings. The van der Waals surface area contributed by atoms with Crippen LogP contribution in [0.4, 0.5) is 5.82 Å². The number of anilines is 1. The van der Waals surface area contributed by atoms with Crippen LogP contribution in [0.25, 0.3) is 0 Å². The van der Waals surface area contributed by atoms with Crippen LogP contribution in [-0.2, 0) is 16.1 Å². The lowest BCUT2D eigenvalue weighted by molar-refractivity contribution is -0.129. The second-order valence-corrected chi connectivity index (χ2v) is 6.87. The number of halogens is 1. The standard InChI is InChI=1S/C16H25N5O2.ClH/c1-20(2)14(22)10-21-8-6-13(19-21)18-15(23)16-7-4-3-5-12(16)9-17-11-16;/h6,8,12,17H,3-5,7,9-11H2,1-2H3,(H,18,19,23);1H/t12-,16+;/m0./s1. The molecule has 2 amide bonds. The Bertz CT molecular complexity index is 603. The van der Waals surface area contributed by atoms with Crippen molar-refractivity contribution in [2.75, 3.05) is 32.5 Å². The van der Waals surface area contributed by atoms with Gasteiger partial charge in [-0.25, -0.2) is 0 Å².